The zero-order valence-electron chi connectivity index (χ0n) is 19.1. The number of Topliss-reactive ketones (excluding diaryl/α,β-unsaturated/α-hetero) is 1. The smallest absolute Gasteiger partial charge is 0.266 e. The Bertz CT molecular complexity index is 1190. The molecular formula is C26H30N4O2S. The first-order valence-electron chi connectivity index (χ1n) is 11.9. The van der Waals surface area contributed by atoms with Crippen LogP contribution in [0.3, 0.4) is 0 Å². The molecular weight excluding hydrogens is 432 g/mol. The summed E-state index contributed by atoms with van der Waals surface area (Å²) < 4.78 is 0. The number of thiophene rings is 1. The van der Waals surface area contributed by atoms with Gasteiger partial charge >= 0.3 is 0 Å². The first-order chi connectivity index (χ1) is 16.0. The van der Waals surface area contributed by atoms with Crippen molar-refractivity contribution in [3.8, 4) is 0 Å². The maximum Gasteiger partial charge on any atom is 0.266 e. The molecule has 1 aliphatic heterocycles. The van der Waals surface area contributed by atoms with E-state index in [0.29, 0.717) is 29.2 Å². The molecule has 2 aliphatic rings. The maximum atomic E-state index is 13.4. The molecule has 0 unspecified atom stereocenters. The normalized spacial score (nSPS) is 16.9. The molecule has 0 saturated carbocycles. The van der Waals surface area contributed by atoms with Crippen LogP contribution in [0.25, 0.3) is 10.2 Å². The minimum Gasteiger partial charge on any atom is -0.397 e. The number of hydrogen-bond acceptors (Lipinski definition) is 6. The molecule has 0 bridgehead atoms. The highest BCUT2D eigenvalue weighted by atomic mass is 32.1. The second-order valence-electron chi connectivity index (χ2n) is 9.09. The van der Waals surface area contributed by atoms with Crippen LogP contribution in [-0.2, 0) is 12.8 Å². The van der Waals surface area contributed by atoms with E-state index in [1.54, 1.807) is 6.92 Å². The molecule has 3 heterocycles. The molecule has 6 nitrogen and oxygen atoms in total. The molecule has 1 aliphatic carbocycles. The SMILES string of the molecule is CC(=O)c1ccc(N2CCN(C(=O)c3sc4nc5c(cc4c3N)CCCCCC5)CC2)cc1. The predicted octanol–water partition coefficient (Wildman–Crippen LogP) is 4.70. The quantitative estimate of drug-likeness (QED) is 0.571. The summed E-state index contributed by atoms with van der Waals surface area (Å²) >= 11 is 1.44. The number of nitrogen functional groups attached to an aromatic ring is 1. The molecule has 3 aromatic rings. The van der Waals surface area contributed by atoms with Gasteiger partial charge in [-0.1, -0.05) is 12.8 Å². The summed E-state index contributed by atoms with van der Waals surface area (Å²) in [6, 6.07) is 9.88. The molecule has 5 rings (SSSR count). The van der Waals surface area contributed by atoms with Gasteiger partial charge in [-0.2, -0.15) is 0 Å². The molecule has 7 heteroatoms. The number of benzene rings is 1. The van der Waals surface area contributed by atoms with Gasteiger partial charge in [-0.3, -0.25) is 9.59 Å². The first-order valence-corrected chi connectivity index (χ1v) is 12.7. The number of amides is 1. The van der Waals surface area contributed by atoms with Crippen LogP contribution in [0.15, 0.2) is 30.3 Å². The maximum absolute atomic E-state index is 13.4. The summed E-state index contributed by atoms with van der Waals surface area (Å²) in [7, 11) is 0. The lowest BCUT2D eigenvalue weighted by molar-refractivity contribution is 0.0752. The van der Waals surface area contributed by atoms with Crippen molar-refractivity contribution >= 4 is 44.6 Å². The summed E-state index contributed by atoms with van der Waals surface area (Å²) in [5.74, 6) is 0.0776. The summed E-state index contributed by atoms with van der Waals surface area (Å²) in [5.41, 5.74) is 11.4. The molecule has 172 valence electrons. The average molecular weight is 463 g/mol. The van der Waals surface area contributed by atoms with E-state index in [1.165, 1.54) is 48.3 Å². The fourth-order valence-electron chi connectivity index (χ4n) is 4.89. The minimum atomic E-state index is 0.00879. The van der Waals surface area contributed by atoms with Crippen LogP contribution >= 0.6 is 11.3 Å². The third kappa shape index (κ3) is 4.34. The molecule has 1 saturated heterocycles. The van der Waals surface area contributed by atoms with Crippen LogP contribution in [0.2, 0.25) is 0 Å². The summed E-state index contributed by atoms with van der Waals surface area (Å²) in [5, 5.41) is 0.937. The van der Waals surface area contributed by atoms with E-state index in [0.717, 1.165) is 41.8 Å². The number of nitrogens with zero attached hydrogens (tertiary/aromatic N) is 3. The Kier molecular flexibility index (Phi) is 6.06. The number of piperazine rings is 1. The van der Waals surface area contributed by atoms with Crippen LogP contribution < -0.4 is 10.6 Å². The van der Waals surface area contributed by atoms with Gasteiger partial charge in [0.05, 0.1) is 5.69 Å². The van der Waals surface area contributed by atoms with Gasteiger partial charge in [0, 0.05) is 48.5 Å². The number of ketones is 1. The highest BCUT2D eigenvalue weighted by Gasteiger charge is 2.27. The lowest BCUT2D eigenvalue weighted by Gasteiger charge is -2.36. The van der Waals surface area contributed by atoms with Gasteiger partial charge < -0.3 is 15.5 Å². The van der Waals surface area contributed by atoms with Crippen LogP contribution in [0.1, 0.15) is 63.9 Å². The fourth-order valence-corrected chi connectivity index (χ4v) is 5.95. The zero-order chi connectivity index (χ0) is 22.9. The van der Waals surface area contributed by atoms with E-state index in [1.807, 2.05) is 29.2 Å². The Morgan fingerprint density at radius 2 is 1.67 bits per heavy atom. The molecule has 2 aromatic heterocycles. The monoisotopic (exact) mass is 462 g/mol. The second-order valence-corrected chi connectivity index (χ2v) is 10.1. The molecule has 0 atom stereocenters. The molecule has 33 heavy (non-hydrogen) atoms. The molecule has 1 aromatic carbocycles. The minimum absolute atomic E-state index is 0.00879. The largest absolute Gasteiger partial charge is 0.397 e. The van der Waals surface area contributed by atoms with E-state index in [4.69, 9.17) is 10.7 Å². The third-order valence-electron chi connectivity index (χ3n) is 6.90. The van der Waals surface area contributed by atoms with E-state index >= 15 is 0 Å². The lowest BCUT2D eigenvalue weighted by atomic mass is 9.96. The molecule has 1 amide bonds. The highest BCUT2D eigenvalue weighted by molar-refractivity contribution is 7.21. The van der Waals surface area contributed by atoms with E-state index in [2.05, 4.69) is 11.0 Å². The summed E-state index contributed by atoms with van der Waals surface area (Å²) in [4.78, 5) is 35.5. The van der Waals surface area contributed by atoms with Crippen molar-refractivity contribution in [2.24, 2.45) is 0 Å². The van der Waals surface area contributed by atoms with E-state index in [9.17, 15) is 9.59 Å². The number of hydrogen-bond donors (Lipinski definition) is 1. The van der Waals surface area contributed by atoms with Crippen molar-refractivity contribution in [1.29, 1.82) is 0 Å². The van der Waals surface area contributed by atoms with Gasteiger partial charge in [0.2, 0.25) is 0 Å². The molecule has 1 fully saturated rings. The Morgan fingerprint density at radius 3 is 2.36 bits per heavy atom. The third-order valence-corrected chi connectivity index (χ3v) is 8.00. The fraction of sp³-hybridized carbons (Fsp3) is 0.423. The van der Waals surface area contributed by atoms with Gasteiger partial charge in [0.25, 0.3) is 5.91 Å². The average Bonchev–Trinajstić information content (AvgIpc) is 3.14. The van der Waals surface area contributed by atoms with Crippen LogP contribution in [-0.4, -0.2) is 47.8 Å². The number of aromatic nitrogens is 1. The van der Waals surface area contributed by atoms with E-state index < -0.39 is 0 Å². The number of anilines is 2. The number of aryl methyl sites for hydroxylation is 2. The van der Waals surface area contributed by atoms with Crippen molar-refractivity contribution in [3.63, 3.8) is 0 Å². The molecule has 0 radical (unpaired) electrons. The second kappa shape index (κ2) is 9.14. The Labute approximate surface area is 198 Å². The number of carbonyl (C=O) groups excluding carboxylic acids is 2. The molecule has 0 spiro atoms. The van der Waals surface area contributed by atoms with Crippen molar-refractivity contribution in [3.05, 3.63) is 52.0 Å². The highest BCUT2D eigenvalue weighted by Crippen LogP contribution is 2.36. The zero-order valence-corrected chi connectivity index (χ0v) is 19.9. The van der Waals surface area contributed by atoms with E-state index in [-0.39, 0.29) is 11.7 Å². The number of rotatable bonds is 3. The lowest BCUT2D eigenvalue weighted by Crippen LogP contribution is -2.48. The van der Waals surface area contributed by atoms with Crippen molar-refractivity contribution < 1.29 is 9.59 Å². The number of carbonyl (C=O) groups is 2. The van der Waals surface area contributed by atoms with Gasteiger partial charge in [0.15, 0.2) is 5.78 Å². The first kappa shape index (κ1) is 21.9. The standard InChI is InChI=1S/C26H30N4O2S/c1-17(31)18-8-10-20(11-9-18)29-12-14-30(15-13-29)26(32)24-23(27)21-16-19-6-4-2-3-5-7-22(19)28-25(21)33-24/h8-11,16H,2-7,12-15,27H2,1H3. The van der Waals surface area contributed by atoms with Gasteiger partial charge in [0.1, 0.15) is 9.71 Å². The van der Waals surface area contributed by atoms with Crippen LogP contribution in [0, 0.1) is 0 Å². The number of pyridine rings is 1. The van der Waals surface area contributed by atoms with Crippen LogP contribution in [0.5, 0.6) is 0 Å². The van der Waals surface area contributed by atoms with Gasteiger partial charge in [-0.25, -0.2) is 4.98 Å². The van der Waals surface area contributed by atoms with Gasteiger partial charge in [-0.05, 0) is 68.5 Å². The Morgan fingerprint density at radius 1 is 0.970 bits per heavy atom. The van der Waals surface area contributed by atoms with Gasteiger partial charge in [-0.15, -0.1) is 11.3 Å². The number of nitrogens with two attached hydrogens (primary N) is 1. The Hall–Kier alpha value is -2.93. The van der Waals surface area contributed by atoms with Crippen LogP contribution in [0.4, 0.5) is 11.4 Å². The predicted molar refractivity (Wildman–Crippen MR) is 134 cm³/mol. The van der Waals surface area contributed by atoms with Crippen molar-refractivity contribution in [2.45, 2.75) is 45.4 Å². The topological polar surface area (TPSA) is 79.5 Å². The summed E-state index contributed by atoms with van der Waals surface area (Å²) in [6.07, 6.45) is 6.97. The van der Waals surface area contributed by atoms with Crippen molar-refractivity contribution in [1.82, 2.24) is 9.88 Å². The Balaban J connectivity index is 1.32. The number of fused-ring (bicyclic) bond motifs is 2. The molecule has 2 N–H and O–H groups in total. The summed E-state index contributed by atoms with van der Waals surface area (Å²) in [6.45, 7) is 4.37. The van der Waals surface area contributed by atoms with Crippen molar-refractivity contribution in [2.75, 3.05) is 36.8 Å².